The lowest BCUT2D eigenvalue weighted by atomic mass is 9.73. The maximum Gasteiger partial charge on any atom is 0.410 e. The van der Waals surface area contributed by atoms with Crippen molar-refractivity contribution in [3.8, 4) is 6.07 Å². The molecule has 2 aliphatic heterocycles. The summed E-state index contributed by atoms with van der Waals surface area (Å²) in [6, 6.07) is 15.0. The monoisotopic (exact) mass is 409 g/mol. The Hall–Kier alpha value is -3.04. The maximum atomic E-state index is 13.2. The molecule has 0 aromatic heterocycles. The van der Waals surface area contributed by atoms with Crippen LogP contribution in [-0.2, 0) is 21.6 Å². The van der Waals surface area contributed by atoms with Crippen molar-refractivity contribution in [2.75, 3.05) is 25.0 Å². The molecule has 2 aromatic carbocycles. The molecule has 29 heavy (non-hydrogen) atoms. The second-order valence-corrected chi connectivity index (χ2v) is 7.81. The Bertz CT molecular complexity index is 1010. The van der Waals surface area contributed by atoms with E-state index in [1.165, 1.54) is 4.90 Å². The van der Waals surface area contributed by atoms with Crippen molar-refractivity contribution in [1.82, 2.24) is 4.90 Å². The Morgan fingerprint density at radius 2 is 1.90 bits per heavy atom. The zero-order valence-corrected chi connectivity index (χ0v) is 16.8. The minimum Gasteiger partial charge on any atom is -0.445 e. The molecule has 0 saturated carbocycles. The molecular formula is C22H20ClN3O3. The number of hydrogen-bond acceptors (Lipinski definition) is 4. The zero-order chi connectivity index (χ0) is 20.6. The summed E-state index contributed by atoms with van der Waals surface area (Å²) in [7, 11) is 1.67. The summed E-state index contributed by atoms with van der Waals surface area (Å²) < 4.78 is 5.42. The van der Waals surface area contributed by atoms with E-state index in [2.05, 4.69) is 6.07 Å². The van der Waals surface area contributed by atoms with E-state index in [0.717, 1.165) is 5.56 Å². The average Bonchev–Trinajstić information content (AvgIpc) is 2.97. The third kappa shape index (κ3) is 3.12. The highest BCUT2D eigenvalue weighted by Gasteiger charge is 2.53. The van der Waals surface area contributed by atoms with Crippen LogP contribution in [0.1, 0.15) is 29.5 Å². The number of anilines is 1. The van der Waals surface area contributed by atoms with E-state index in [9.17, 15) is 14.9 Å². The van der Waals surface area contributed by atoms with Gasteiger partial charge in [0.15, 0.2) is 0 Å². The van der Waals surface area contributed by atoms with Gasteiger partial charge in [-0.25, -0.2) is 4.79 Å². The molecule has 1 fully saturated rings. The molecule has 6 nitrogen and oxygen atoms in total. The first kappa shape index (κ1) is 19.3. The van der Waals surface area contributed by atoms with Crippen LogP contribution >= 0.6 is 11.6 Å². The molecule has 1 spiro atoms. The molecule has 0 aliphatic carbocycles. The highest BCUT2D eigenvalue weighted by atomic mass is 35.5. The van der Waals surface area contributed by atoms with E-state index in [4.69, 9.17) is 16.3 Å². The van der Waals surface area contributed by atoms with E-state index in [1.54, 1.807) is 24.1 Å². The number of halogens is 1. The van der Waals surface area contributed by atoms with Crippen molar-refractivity contribution >= 4 is 29.3 Å². The van der Waals surface area contributed by atoms with Crippen LogP contribution in [0.4, 0.5) is 10.5 Å². The number of benzene rings is 2. The summed E-state index contributed by atoms with van der Waals surface area (Å²) in [6.07, 6.45) is 0.496. The SMILES string of the molecule is CN1C(=O)C2(CCN(C(=O)OCc3ccccc3)CC2)c2c(Cl)ccc(C#N)c21. The number of carbonyl (C=O) groups excluding carboxylic acids is 2. The molecule has 2 heterocycles. The number of rotatable bonds is 2. The summed E-state index contributed by atoms with van der Waals surface area (Å²) in [5, 5.41) is 9.93. The van der Waals surface area contributed by atoms with Crippen molar-refractivity contribution in [1.29, 1.82) is 5.26 Å². The van der Waals surface area contributed by atoms with Gasteiger partial charge in [-0.05, 0) is 30.5 Å². The molecule has 0 unspecified atom stereocenters. The molecule has 0 atom stereocenters. The lowest BCUT2D eigenvalue weighted by Gasteiger charge is -2.38. The number of hydrogen-bond donors (Lipinski definition) is 0. The lowest BCUT2D eigenvalue weighted by Crippen LogP contribution is -2.49. The van der Waals surface area contributed by atoms with Crippen LogP contribution in [0.15, 0.2) is 42.5 Å². The summed E-state index contributed by atoms with van der Waals surface area (Å²) >= 11 is 6.48. The van der Waals surface area contributed by atoms with Gasteiger partial charge in [0.05, 0.1) is 16.7 Å². The minimum atomic E-state index is -0.801. The van der Waals surface area contributed by atoms with E-state index in [0.29, 0.717) is 47.8 Å². The molecule has 2 aliphatic rings. The standard InChI is InChI=1S/C22H20ClN3O3/c1-25-19-16(13-24)7-8-17(23)18(19)22(20(25)27)9-11-26(12-10-22)21(28)29-14-15-5-3-2-4-6-15/h2-8H,9-12,14H2,1H3. The van der Waals surface area contributed by atoms with Gasteiger partial charge in [-0.1, -0.05) is 41.9 Å². The second-order valence-electron chi connectivity index (χ2n) is 7.40. The summed E-state index contributed by atoms with van der Waals surface area (Å²) in [4.78, 5) is 28.8. The number of ether oxygens (including phenoxy) is 1. The van der Waals surface area contributed by atoms with Crippen molar-refractivity contribution in [2.45, 2.75) is 24.9 Å². The predicted octanol–water partition coefficient (Wildman–Crippen LogP) is 3.86. The summed E-state index contributed by atoms with van der Waals surface area (Å²) in [6.45, 7) is 0.989. The molecule has 7 heteroatoms. The Labute approximate surface area is 174 Å². The molecule has 2 aromatic rings. The van der Waals surface area contributed by atoms with Gasteiger partial charge in [0.2, 0.25) is 5.91 Å². The molecule has 1 saturated heterocycles. The molecule has 148 valence electrons. The maximum absolute atomic E-state index is 13.2. The number of likely N-dealkylation sites (tertiary alicyclic amines) is 1. The van der Waals surface area contributed by atoms with Crippen LogP contribution in [0.25, 0.3) is 0 Å². The third-order valence-electron chi connectivity index (χ3n) is 5.86. The zero-order valence-electron chi connectivity index (χ0n) is 16.0. The first-order chi connectivity index (χ1) is 14.0. The van der Waals surface area contributed by atoms with E-state index in [1.807, 2.05) is 30.3 Å². The van der Waals surface area contributed by atoms with Crippen LogP contribution in [0, 0.1) is 11.3 Å². The molecule has 4 rings (SSSR count). The van der Waals surface area contributed by atoms with Gasteiger partial charge in [0, 0.05) is 30.7 Å². The number of piperidine rings is 1. The van der Waals surface area contributed by atoms with Crippen LogP contribution in [-0.4, -0.2) is 37.0 Å². The number of nitriles is 1. The quantitative estimate of drug-likeness (QED) is 0.754. The normalized spacial score (nSPS) is 17.2. The number of fused-ring (bicyclic) bond motifs is 2. The predicted molar refractivity (Wildman–Crippen MR) is 109 cm³/mol. The fourth-order valence-corrected chi connectivity index (χ4v) is 4.67. The summed E-state index contributed by atoms with van der Waals surface area (Å²) in [5.41, 5.74) is 1.85. The molecule has 2 amide bonds. The molecule has 0 radical (unpaired) electrons. The Morgan fingerprint density at radius 3 is 2.55 bits per heavy atom. The Kier molecular flexibility index (Phi) is 4.93. The van der Waals surface area contributed by atoms with Crippen LogP contribution < -0.4 is 4.90 Å². The van der Waals surface area contributed by atoms with Gasteiger partial charge in [-0.2, -0.15) is 5.26 Å². The number of likely N-dealkylation sites (N-methyl/N-ethyl adjacent to an activating group) is 1. The Morgan fingerprint density at radius 1 is 1.21 bits per heavy atom. The van der Waals surface area contributed by atoms with Crippen molar-refractivity contribution in [3.63, 3.8) is 0 Å². The van der Waals surface area contributed by atoms with E-state index < -0.39 is 5.41 Å². The van der Waals surface area contributed by atoms with E-state index in [-0.39, 0.29) is 18.6 Å². The third-order valence-corrected chi connectivity index (χ3v) is 6.17. The van der Waals surface area contributed by atoms with Crippen LogP contribution in [0.3, 0.4) is 0 Å². The highest BCUT2D eigenvalue weighted by Crippen LogP contribution is 2.51. The largest absolute Gasteiger partial charge is 0.445 e. The molecule has 0 N–H and O–H groups in total. The fraction of sp³-hybridized carbons (Fsp3) is 0.318. The van der Waals surface area contributed by atoms with Crippen molar-refractivity contribution in [2.24, 2.45) is 0 Å². The van der Waals surface area contributed by atoms with Crippen molar-refractivity contribution in [3.05, 3.63) is 64.2 Å². The van der Waals surface area contributed by atoms with E-state index >= 15 is 0 Å². The van der Waals surface area contributed by atoms with Gasteiger partial charge >= 0.3 is 6.09 Å². The van der Waals surface area contributed by atoms with Crippen molar-refractivity contribution < 1.29 is 14.3 Å². The fourth-order valence-electron chi connectivity index (χ4n) is 4.34. The number of nitrogens with zero attached hydrogens (tertiary/aromatic N) is 3. The van der Waals surface area contributed by atoms with Crippen LogP contribution in [0.5, 0.6) is 0 Å². The topological polar surface area (TPSA) is 73.6 Å². The Balaban J connectivity index is 1.52. The highest BCUT2D eigenvalue weighted by molar-refractivity contribution is 6.33. The summed E-state index contributed by atoms with van der Waals surface area (Å²) in [5.74, 6) is -0.0746. The van der Waals surface area contributed by atoms with Crippen LogP contribution in [0.2, 0.25) is 5.02 Å². The van der Waals surface area contributed by atoms with Gasteiger partial charge < -0.3 is 14.5 Å². The number of carbonyl (C=O) groups is 2. The minimum absolute atomic E-state index is 0.0746. The van der Waals surface area contributed by atoms with Gasteiger partial charge in [0.1, 0.15) is 12.7 Å². The molecular weight excluding hydrogens is 390 g/mol. The second kappa shape index (κ2) is 7.41. The van der Waals surface area contributed by atoms with Gasteiger partial charge in [-0.3, -0.25) is 4.79 Å². The smallest absolute Gasteiger partial charge is 0.410 e. The van der Waals surface area contributed by atoms with Gasteiger partial charge in [0.25, 0.3) is 0 Å². The lowest BCUT2D eigenvalue weighted by molar-refractivity contribution is -0.124. The molecule has 0 bridgehead atoms. The average molecular weight is 410 g/mol. The first-order valence-electron chi connectivity index (χ1n) is 9.45. The first-order valence-corrected chi connectivity index (χ1v) is 9.82. The van der Waals surface area contributed by atoms with Gasteiger partial charge in [-0.15, -0.1) is 0 Å². The number of amides is 2.